The van der Waals surface area contributed by atoms with Crippen molar-refractivity contribution in [3.63, 3.8) is 0 Å². The number of nitrogens with one attached hydrogen (secondary N) is 1. The van der Waals surface area contributed by atoms with Crippen molar-refractivity contribution in [1.29, 1.82) is 0 Å². The van der Waals surface area contributed by atoms with Crippen LogP contribution in [0.5, 0.6) is 0 Å². The Bertz CT molecular complexity index is 394. The van der Waals surface area contributed by atoms with Gasteiger partial charge in [0.25, 0.3) is 21.9 Å². The highest BCUT2D eigenvalue weighted by molar-refractivity contribution is 7.85. The fourth-order valence-electron chi connectivity index (χ4n) is 1.08. The fourth-order valence-corrected chi connectivity index (χ4v) is 1.59. The van der Waals surface area contributed by atoms with E-state index in [4.69, 9.17) is 4.55 Å². The average molecular weight is 219 g/mol. The largest absolute Gasteiger partial charge is 0.289 e. The number of carbonyl (C=O) groups is 2. The van der Waals surface area contributed by atoms with Crippen LogP contribution in [0.2, 0.25) is 0 Å². The lowest BCUT2D eigenvalue weighted by Crippen LogP contribution is -2.22. The van der Waals surface area contributed by atoms with Crippen molar-refractivity contribution in [2.75, 3.05) is 5.75 Å². The van der Waals surface area contributed by atoms with Gasteiger partial charge in [0, 0.05) is 11.6 Å². The van der Waals surface area contributed by atoms with Gasteiger partial charge in [-0.05, 0) is 12.8 Å². The van der Waals surface area contributed by atoms with Crippen LogP contribution in [0, 0.1) is 0 Å². The highest BCUT2D eigenvalue weighted by Gasteiger charge is 2.20. The minimum atomic E-state index is -3.99. The molecular weight excluding hydrogens is 210 g/mol. The quantitative estimate of drug-likeness (QED) is 0.478. The van der Waals surface area contributed by atoms with Gasteiger partial charge in [0.2, 0.25) is 0 Å². The van der Waals surface area contributed by atoms with Crippen molar-refractivity contribution < 1.29 is 22.6 Å². The van der Waals surface area contributed by atoms with Crippen LogP contribution in [0.25, 0.3) is 0 Å². The summed E-state index contributed by atoms with van der Waals surface area (Å²) in [5.74, 6) is -1.39. The molecule has 0 aromatic rings. The molecule has 0 aromatic heterocycles. The molecule has 7 heteroatoms. The van der Waals surface area contributed by atoms with Gasteiger partial charge in [0.15, 0.2) is 0 Å². The maximum atomic E-state index is 10.9. The van der Waals surface area contributed by atoms with Crippen LogP contribution in [-0.2, 0) is 19.7 Å². The van der Waals surface area contributed by atoms with Gasteiger partial charge in [0.05, 0.1) is 5.75 Å². The third-order valence-electron chi connectivity index (χ3n) is 1.68. The van der Waals surface area contributed by atoms with Gasteiger partial charge in [-0.3, -0.25) is 19.5 Å². The summed E-state index contributed by atoms with van der Waals surface area (Å²) in [5, 5.41) is 2.03. The fraction of sp³-hybridized carbons (Fsp3) is 0.429. The Morgan fingerprint density at radius 2 is 2.00 bits per heavy atom. The van der Waals surface area contributed by atoms with E-state index < -0.39 is 27.7 Å². The standard InChI is InChI=1S/C7H9NO5S/c9-6-4-5(7(10)8-6)2-1-3-14(11,12)13/h4H,1-3H2,(H,8,9,10)(H,11,12,13). The van der Waals surface area contributed by atoms with E-state index in [-0.39, 0.29) is 18.4 Å². The number of hydrogen-bond donors (Lipinski definition) is 2. The minimum absolute atomic E-state index is 0.116. The average Bonchev–Trinajstić information content (AvgIpc) is 2.27. The lowest BCUT2D eigenvalue weighted by Gasteiger charge is -1.97. The molecule has 0 fully saturated rings. The normalized spacial score (nSPS) is 16.8. The molecule has 78 valence electrons. The Balaban J connectivity index is 2.43. The SMILES string of the molecule is O=C1C=C(CCCS(=O)(=O)O)C(=O)N1. The van der Waals surface area contributed by atoms with Crippen LogP contribution in [-0.4, -0.2) is 30.5 Å². The molecule has 1 rings (SSSR count). The van der Waals surface area contributed by atoms with Crippen molar-refractivity contribution in [3.05, 3.63) is 11.6 Å². The molecule has 0 saturated carbocycles. The molecule has 0 atom stereocenters. The van der Waals surface area contributed by atoms with Crippen molar-refractivity contribution in [2.24, 2.45) is 0 Å². The molecule has 0 aromatic carbocycles. The highest BCUT2D eigenvalue weighted by Crippen LogP contribution is 2.10. The molecule has 0 saturated heterocycles. The maximum Gasteiger partial charge on any atom is 0.264 e. The van der Waals surface area contributed by atoms with Crippen LogP contribution >= 0.6 is 0 Å². The molecule has 0 unspecified atom stereocenters. The van der Waals surface area contributed by atoms with Crippen LogP contribution in [0.15, 0.2) is 11.6 Å². The van der Waals surface area contributed by atoms with E-state index in [0.717, 1.165) is 6.08 Å². The Kier molecular flexibility index (Phi) is 3.02. The monoisotopic (exact) mass is 219 g/mol. The van der Waals surface area contributed by atoms with Crippen LogP contribution < -0.4 is 5.32 Å². The van der Waals surface area contributed by atoms with Gasteiger partial charge >= 0.3 is 0 Å². The lowest BCUT2D eigenvalue weighted by molar-refractivity contribution is -0.123. The van der Waals surface area contributed by atoms with Crippen LogP contribution in [0.4, 0.5) is 0 Å². The van der Waals surface area contributed by atoms with Gasteiger partial charge in [-0.2, -0.15) is 8.42 Å². The summed E-state index contributed by atoms with van der Waals surface area (Å²) in [4.78, 5) is 21.6. The number of rotatable bonds is 4. The third kappa shape index (κ3) is 3.27. The number of amides is 2. The first-order valence-electron chi connectivity index (χ1n) is 3.89. The molecule has 0 radical (unpaired) electrons. The summed E-state index contributed by atoms with van der Waals surface area (Å²) < 4.78 is 29.0. The van der Waals surface area contributed by atoms with Gasteiger partial charge in [-0.15, -0.1) is 0 Å². The van der Waals surface area contributed by atoms with E-state index >= 15 is 0 Å². The van der Waals surface area contributed by atoms with Gasteiger partial charge in [-0.1, -0.05) is 0 Å². The Morgan fingerprint density at radius 3 is 2.43 bits per heavy atom. The highest BCUT2D eigenvalue weighted by atomic mass is 32.2. The number of imide groups is 1. The molecule has 1 heterocycles. The number of hydrogen-bond acceptors (Lipinski definition) is 4. The zero-order valence-corrected chi connectivity index (χ0v) is 8.00. The summed E-state index contributed by atoms with van der Waals surface area (Å²) in [6.07, 6.45) is 1.41. The first kappa shape index (κ1) is 10.9. The van der Waals surface area contributed by atoms with E-state index in [9.17, 15) is 18.0 Å². The zero-order valence-electron chi connectivity index (χ0n) is 7.19. The van der Waals surface area contributed by atoms with Crippen molar-refractivity contribution in [3.8, 4) is 0 Å². The Hall–Kier alpha value is -1.21. The molecule has 2 N–H and O–H groups in total. The first-order chi connectivity index (χ1) is 6.38. The summed E-state index contributed by atoms with van der Waals surface area (Å²) >= 11 is 0. The van der Waals surface area contributed by atoms with Crippen molar-refractivity contribution in [1.82, 2.24) is 5.32 Å². The molecule has 1 aliphatic heterocycles. The van der Waals surface area contributed by atoms with Crippen LogP contribution in [0.3, 0.4) is 0 Å². The molecule has 0 bridgehead atoms. The summed E-state index contributed by atoms with van der Waals surface area (Å²) in [5.41, 5.74) is 0.249. The topological polar surface area (TPSA) is 101 Å². The summed E-state index contributed by atoms with van der Waals surface area (Å²) in [7, 11) is -3.99. The molecule has 2 amide bonds. The second-order valence-corrected chi connectivity index (χ2v) is 4.45. The van der Waals surface area contributed by atoms with Crippen molar-refractivity contribution in [2.45, 2.75) is 12.8 Å². The van der Waals surface area contributed by atoms with E-state index in [0.29, 0.717) is 0 Å². The molecule has 1 aliphatic rings. The van der Waals surface area contributed by atoms with Gasteiger partial charge in [-0.25, -0.2) is 0 Å². The first-order valence-corrected chi connectivity index (χ1v) is 5.50. The number of carbonyl (C=O) groups excluding carboxylic acids is 2. The Morgan fingerprint density at radius 1 is 1.36 bits per heavy atom. The summed E-state index contributed by atoms with van der Waals surface area (Å²) in [6, 6.07) is 0. The molecule has 6 nitrogen and oxygen atoms in total. The molecule has 0 spiro atoms. The van der Waals surface area contributed by atoms with Crippen molar-refractivity contribution >= 4 is 21.9 Å². The second-order valence-electron chi connectivity index (χ2n) is 2.88. The smallest absolute Gasteiger partial charge is 0.264 e. The van der Waals surface area contributed by atoms with E-state index in [1.54, 1.807) is 0 Å². The zero-order chi connectivity index (χ0) is 10.8. The molecule has 14 heavy (non-hydrogen) atoms. The molecular formula is C7H9NO5S. The summed E-state index contributed by atoms with van der Waals surface area (Å²) in [6.45, 7) is 0. The maximum absolute atomic E-state index is 10.9. The predicted octanol–water partition coefficient (Wildman–Crippen LogP) is -0.763. The van der Waals surface area contributed by atoms with Gasteiger partial charge in [0.1, 0.15) is 0 Å². The van der Waals surface area contributed by atoms with Crippen LogP contribution in [0.1, 0.15) is 12.8 Å². The van der Waals surface area contributed by atoms with E-state index in [1.165, 1.54) is 0 Å². The van der Waals surface area contributed by atoms with E-state index in [2.05, 4.69) is 0 Å². The molecule has 0 aliphatic carbocycles. The second kappa shape index (κ2) is 3.89. The van der Waals surface area contributed by atoms with Gasteiger partial charge < -0.3 is 0 Å². The predicted molar refractivity (Wildman–Crippen MR) is 46.9 cm³/mol. The minimum Gasteiger partial charge on any atom is -0.289 e. The van der Waals surface area contributed by atoms with E-state index in [1.807, 2.05) is 5.32 Å². The third-order valence-corrected chi connectivity index (χ3v) is 2.49. The Labute approximate surface area is 80.7 Å². The lowest BCUT2D eigenvalue weighted by atomic mass is 10.1.